The molecule has 1 aromatic carbocycles. The highest BCUT2D eigenvalue weighted by atomic mass is 16.6. The van der Waals surface area contributed by atoms with Gasteiger partial charge in [-0.05, 0) is 5.56 Å². The number of nitrogens with two attached hydrogens (primary N) is 2. The summed E-state index contributed by atoms with van der Waals surface area (Å²) < 4.78 is 8.17. The Morgan fingerprint density at radius 2 is 1.83 bits per heavy atom. The quantitative estimate of drug-likeness (QED) is 0.289. The maximum Gasteiger partial charge on any atom is 0.333 e. The maximum absolute atomic E-state index is 13.2. The van der Waals surface area contributed by atoms with Gasteiger partial charge in [0.15, 0.2) is 17.4 Å². The molecule has 2 aromatic heterocycles. The summed E-state index contributed by atoms with van der Waals surface area (Å²) in [5, 5.41) is 29.8. The lowest BCUT2D eigenvalue weighted by molar-refractivity contribution is -0.0527. The van der Waals surface area contributed by atoms with E-state index in [9.17, 15) is 24.9 Å². The van der Waals surface area contributed by atoms with Crippen LogP contribution in [0.5, 0.6) is 0 Å². The second-order valence-corrected chi connectivity index (χ2v) is 6.77. The fourth-order valence-corrected chi connectivity index (χ4v) is 3.48. The molecule has 154 valence electrons. The first kappa shape index (κ1) is 19.1. The minimum absolute atomic E-state index is 0.0266. The second-order valence-electron chi connectivity index (χ2n) is 6.77. The average molecular weight is 404 g/mol. The Balaban J connectivity index is 1.97. The molecule has 0 bridgehead atoms. The van der Waals surface area contributed by atoms with Gasteiger partial charge in [-0.25, -0.2) is 9.36 Å². The van der Waals surface area contributed by atoms with Crippen molar-refractivity contribution >= 4 is 17.1 Å². The van der Waals surface area contributed by atoms with Gasteiger partial charge < -0.3 is 31.6 Å². The molecule has 0 spiro atoms. The molecule has 1 saturated heterocycles. The smallest absolute Gasteiger partial charge is 0.333 e. The SMILES string of the molecule is Nc1nc2c(c(=O)n1N)n(Cc1ccccc1)c(=O)n2[C@@H]1O[C@H](CO)[C@@H](O)[C@H]1O. The van der Waals surface area contributed by atoms with Gasteiger partial charge in [0, 0.05) is 0 Å². The fraction of sp³-hybridized carbons (Fsp3) is 0.353. The number of nitrogens with zero attached hydrogens (tertiary/aromatic N) is 4. The normalized spacial score (nSPS) is 24.4. The minimum atomic E-state index is -1.54. The van der Waals surface area contributed by atoms with E-state index in [1.165, 1.54) is 0 Å². The molecule has 4 atom stereocenters. The first-order valence-corrected chi connectivity index (χ1v) is 8.79. The van der Waals surface area contributed by atoms with E-state index >= 15 is 0 Å². The van der Waals surface area contributed by atoms with Crippen LogP contribution in [-0.2, 0) is 11.3 Å². The zero-order valence-electron chi connectivity index (χ0n) is 15.1. The fourth-order valence-electron chi connectivity index (χ4n) is 3.48. The van der Waals surface area contributed by atoms with Crippen molar-refractivity contribution in [2.24, 2.45) is 0 Å². The Kier molecular flexibility index (Phi) is 4.62. The van der Waals surface area contributed by atoms with Gasteiger partial charge in [-0.2, -0.15) is 9.66 Å². The first-order chi connectivity index (χ1) is 13.8. The van der Waals surface area contributed by atoms with Crippen LogP contribution >= 0.6 is 0 Å². The number of hydrogen-bond acceptors (Lipinski definition) is 9. The van der Waals surface area contributed by atoms with Crippen LogP contribution in [-0.4, -0.2) is 59.0 Å². The van der Waals surface area contributed by atoms with E-state index in [4.69, 9.17) is 16.3 Å². The van der Waals surface area contributed by atoms with E-state index in [0.717, 1.165) is 14.7 Å². The number of anilines is 1. The Bertz CT molecular complexity index is 1170. The summed E-state index contributed by atoms with van der Waals surface area (Å²) in [4.78, 5) is 30.0. The average Bonchev–Trinajstić information content (AvgIpc) is 3.14. The third kappa shape index (κ3) is 2.89. The lowest BCUT2D eigenvalue weighted by Crippen LogP contribution is -2.36. The van der Waals surface area contributed by atoms with Gasteiger partial charge in [0.25, 0.3) is 5.56 Å². The van der Waals surface area contributed by atoms with E-state index in [1.54, 1.807) is 24.3 Å². The van der Waals surface area contributed by atoms with Gasteiger partial charge in [-0.15, -0.1) is 0 Å². The maximum atomic E-state index is 13.2. The molecule has 3 heterocycles. The topological polar surface area (TPSA) is 184 Å². The molecule has 1 aliphatic heterocycles. The van der Waals surface area contributed by atoms with Crippen molar-refractivity contribution in [3.05, 3.63) is 56.7 Å². The molecule has 12 heteroatoms. The van der Waals surface area contributed by atoms with Crippen molar-refractivity contribution in [3.8, 4) is 0 Å². The van der Waals surface area contributed by atoms with Crippen LogP contribution in [0.2, 0.25) is 0 Å². The Morgan fingerprint density at radius 3 is 2.45 bits per heavy atom. The van der Waals surface area contributed by atoms with E-state index < -0.39 is 42.4 Å². The van der Waals surface area contributed by atoms with Gasteiger partial charge in [0.1, 0.15) is 18.3 Å². The zero-order chi connectivity index (χ0) is 20.9. The summed E-state index contributed by atoms with van der Waals surface area (Å²) in [5.41, 5.74) is 4.67. The van der Waals surface area contributed by atoms with E-state index in [2.05, 4.69) is 4.98 Å². The van der Waals surface area contributed by atoms with Crippen LogP contribution < -0.4 is 22.8 Å². The Labute approximate surface area is 162 Å². The van der Waals surface area contributed by atoms with Gasteiger partial charge in [0.05, 0.1) is 13.2 Å². The molecule has 0 aliphatic carbocycles. The van der Waals surface area contributed by atoms with Gasteiger partial charge >= 0.3 is 5.69 Å². The molecule has 12 nitrogen and oxygen atoms in total. The number of rotatable bonds is 4. The highest BCUT2D eigenvalue weighted by Gasteiger charge is 2.45. The van der Waals surface area contributed by atoms with Crippen molar-refractivity contribution in [1.29, 1.82) is 0 Å². The van der Waals surface area contributed by atoms with E-state index in [0.29, 0.717) is 4.68 Å². The molecule has 4 rings (SSSR count). The van der Waals surface area contributed by atoms with Crippen molar-refractivity contribution in [2.45, 2.75) is 31.1 Å². The van der Waals surface area contributed by atoms with Gasteiger partial charge in [-0.1, -0.05) is 30.3 Å². The summed E-state index contributed by atoms with van der Waals surface area (Å²) in [7, 11) is 0. The number of hydrogen-bond donors (Lipinski definition) is 5. The molecule has 0 amide bonds. The van der Waals surface area contributed by atoms with Crippen LogP contribution in [0.3, 0.4) is 0 Å². The van der Waals surface area contributed by atoms with Crippen LogP contribution in [0, 0.1) is 0 Å². The lowest BCUT2D eigenvalue weighted by atomic mass is 10.1. The van der Waals surface area contributed by atoms with Crippen LogP contribution in [0.1, 0.15) is 11.8 Å². The molecule has 0 saturated carbocycles. The van der Waals surface area contributed by atoms with Crippen LogP contribution in [0.4, 0.5) is 5.95 Å². The molecular formula is C17H20N6O6. The molecule has 3 aromatic rings. The number of fused-ring (bicyclic) bond motifs is 1. The number of nitrogen functional groups attached to an aromatic ring is 2. The third-order valence-corrected chi connectivity index (χ3v) is 4.99. The molecule has 0 radical (unpaired) electrons. The molecule has 1 aliphatic rings. The molecule has 29 heavy (non-hydrogen) atoms. The molecule has 0 unspecified atom stereocenters. The van der Waals surface area contributed by atoms with Crippen molar-refractivity contribution in [1.82, 2.24) is 18.8 Å². The summed E-state index contributed by atoms with van der Waals surface area (Å²) in [5.74, 6) is 5.31. The number of aliphatic hydroxyl groups excluding tert-OH is 3. The third-order valence-electron chi connectivity index (χ3n) is 4.99. The van der Waals surface area contributed by atoms with Crippen molar-refractivity contribution in [3.63, 3.8) is 0 Å². The van der Waals surface area contributed by atoms with Gasteiger partial charge in [0.2, 0.25) is 5.95 Å². The largest absolute Gasteiger partial charge is 0.394 e. The highest BCUT2D eigenvalue weighted by molar-refractivity contribution is 5.72. The number of aliphatic hydroxyl groups is 3. The highest BCUT2D eigenvalue weighted by Crippen LogP contribution is 2.30. The van der Waals surface area contributed by atoms with Crippen molar-refractivity contribution < 1.29 is 20.1 Å². The molecule has 1 fully saturated rings. The first-order valence-electron chi connectivity index (χ1n) is 8.79. The number of imidazole rings is 1. The summed E-state index contributed by atoms with van der Waals surface area (Å²) in [6.07, 6.45) is -5.46. The second kappa shape index (κ2) is 7.00. The standard InChI is InChI=1S/C17H20N6O6/c18-16-20-13-10(14(27)23(16)19)21(6-8-4-2-1-3-5-8)17(28)22(13)15-12(26)11(25)9(7-24)29-15/h1-5,9,11-12,15,24-26H,6-7,19H2,(H2,18,20)/t9-,11-,12-,15-/m1/s1. The summed E-state index contributed by atoms with van der Waals surface area (Å²) >= 11 is 0. The molecular weight excluding hydrogens is 384 g/mol. The zero-order valence-corrected chi connectivity index (χ0v) is 15.1. The van der Waals surface area contributed by atoms with Crippen LogP contribution in [0.25, 0.3) is 11.2 Å². The van der Waals surface area contributed by atoms with Crippen LogP contribution in [0.15, 0.2) is 39.9 Å². The lowest BCUT2D eigenvalue weighted by Gasteiger charge is -2.16. The molecule has 7 N–H and O–H groups in total. The predicted octanol–water partition coefficient (Wildman–Crippen LogP) is -2.68. The predicted molar refractivity (Wildman–Crippen MR) is 101 cm³/mol. The van der Waals surface area contributed by atoms with E-state index in [-0.39, 0.29) is 23.7 Å². The minimum Gasteiger partial charge on any atom is -0.394 e. The van der Waals surface area contributed by atoms with E-state index in [1.807, 2.05) is 6.07 Å². The van der Waals surface area contributed by atoms with Gasteiger partial charge in [-0.3, -0.25) is 9.36 Å². The summed E-state index contributed by atoms with van der Waals surface area (Å²) in [6, 6.07) is 8.91. The Hall–Kier alpha value is -3.19. The Morgan fingerprint density at radius 1 is 1.14 bits per heavy atom. The number of aromatic nitrogens is 4. The monoisotopic (exact) mass is 404 g/mol. The number of ether oxygens (including phenoxy) is 1. The summed E-state index contributed by atoms with van der Waals surface area (Å²) in [6.45, 7) is -0.546. The number of benzene rings is 1. The van der Waals surface area contributed by atoms with Crippen molar-refractivity contribution in [2.75, 3.05) is 18.2 Å².